The lowest BCUT2D eigenvalue weighted by Gasteiger charge is -2.01. The van der Waals surface area contributed by atoms with Crippen molar-refractivity contribution in [1.29, 1.82) is 0 Å². The summed E-state index contributed by atoms with van der Waals surface area (Å²) in [6, 6.07) is 13.3. The van der Waals surface area contributed by atoms with Crippen LogP contribution in [0.1, 0.15) is 26.3 Å². The number of hydroxylamine groups is 1. The average Bonchev–Trinajstić information content (AvgIpc) is 2.59. The van der Waals surface area contributed by atoms with Gasteiger partial charge in [-0.1, -0.05) is 30.3 Å². The van der Waals surface area contributed by atoms with Crippen LogP contribution in [-0.2, 0) is 0 Å². The predicted octanol–water partition coefficient (Wildman–Crippen LogP) is 2.71. The molecule has 0 fully saturated rings. The second-order valence-electron chi connectivity index (χ2n) is 4.49. The van der Waals surface area contributed by atoms with E-state index in [1.165, 1.54) is 35.8 Å². The van der Waals surface area contributed by atoms with Crippen LogP contribution >= 0.6 is 0 Å². The minimum atomic E-state index is -0.618. The Kier molecular flexibility index (Phi) is 5.06. The smallest absolute Gasteiger partial charge is 0.274 e. The van der Waals surface area contributed by atoms with E-state index in [4.69, 9.17) is 9.94 Å². The van der Waals surface area contributed by atoms with Gasteiger partial charge in [0.25, 0.3) is 5.91 Å². The van der Waals surface area contributed by atoms with E-state index >= 15 is 0 Å². The van der Waals surface area contributed by atoms with E-state index < -0.39 is 5.91 Å². The standard InChI is InChI=1S/C17H15NO4/c1-22-15-9-2-12(3-10-15)4-11-16(19)13-5-7-14(8-6-13)17(20)18-21/h2-11,21H,1H3,(H,18,20). The van der Waals surface area contributed by atoms with Crippen molar-refractivity contribution >= 4 is 17.8 Å². The fourth-order valence-electron chi connectivity index (χ4n) is 1.83. The van der Waals surface area contributed by atoms with Crippen molar-refractivity contribution in [2.75, 3.05) is 7.11 Å². The van der Waals surface area contributed by atoms with Crippen LogP contribution in [0.15, 0.2) is 54.6 Å². The minimum Gasteiger partial charge on any atom is -0.497 e. The molecule has 0 saturated carbocycles. The number of methoxy groups -OCH3 is 1. The molecule has 22 heavy (non-hydrogen) atoms. The Labute approximate surface area is 127 Å². The van der Waals surface area contributed by atoms with Crippen molar-refractivity contribution in [3.05, 3.63) is 71.3 Å². The molecular formula is C17H15NO4. The zero-order chi connectivity index (χ0) is 15.9. The first kappa shape index (κ1) is 15.5. The van der Waals surface area contributed by atoms with Gasteiger partial charge >= 0.3 is 0 Å². The van der Waals surface area contributed by atoms with Gasteiger partial charge in [-0.2, -0.15) is 0 Å². The second-order valence-corrected chi connectivity index (χ2v) is 4.49. The van der Waals surface area contributed by atoms with Crippen molar-refractivity contribution in [2.45, 2.75) is 0 Å². The van der Waals surface area contributed by atoms with E-state index in [1.54, 1.807) is 13.2 Å². The highest BCUT2D eigenvalue weighted by Crippen LogP contribution is 2.13. The van der Waals surface area contributed by atoms with Crippen molar-refractivity contribution < 1.29 is 19.5 Å². The summed E-state index contributed by atoms with van der Waals surface area (Å²) in [7, 11) is 1.59. The molecule has 2 aromatic rings. The highest BCUT2D eigenvalue weighted by atomic mass is 16.5. The number of carbonyl (C=O) groups excluding carboxylic acids is 2. The summed E-state index contributed by atoms with van der Waals surface area (Å²) in [5.41, 5.74) is 3.15. The topological polar surface area (TPSA) is 75.6 Å². The van der Waals surface area contributed by atoms with E-state index in [0.717, 1.165) is 11.3 Å². The number of nitrogens with one attached hydrogen (secondary N) is 1. The van der Waals surface area contributed by atoms with Gasteiger partial charge in [0.05, 0.1) is 7.11 Å². The number of hydrogen-bond donors (Lipinski definition) is 2. The van der Waals surface area contributed by atoms with E-state index in [-0.39, 0.29) is 11.3 Å². The first-order valence-electron chi connectivity index (χ1n) is 6.55. The molecule has 0 heterocycles. The molecule has 112 valence electrons. The number of hydrogen-bond acceptors (Lipinski definition) is 4. The lowest BCUT2D eigenvalue weighted by Crippen LogP contribution is -2.18. The summed E-state index contributed by atoms with van der Waals surface area (Å²) in [5.74, 6) is -0.0410. The Hall–Kier alpha value is -2.92. The van der Waals surface area contributed by atoms with Crippen LogP contribution in [0.2, 0.25) is 0 Å². The van der Waals surface area contributed by atoms with Gasteiger partial charge in [-0.15, -0.1) is 0 Å². The molecule has 5 heteroatoms. The van der Waals surface area contributed by atoms with Crippen LogP contribution in [0.25, 0.3) is 6.08 Å². The molecule has 0 atom stereocenters. The molecule has 2 rings (SSSR count). The summed E-state index contributed by atoms with van der Waals surface area (Å²) in [5, 5.41) is 8.53. The van der Waals surface area contributed by atoms with Crippen molar-refractivity contribution in [1.82, 2.24) is 5.48 Å². The Morgan fingerprint density at radius 2 is 1.59 bits per heavy atom. The van der Waals surface area contributed by atoms with E-state index in [0.29, 0.717) is 5.56 Å². The zero-order valence-corrected chi connectivity index (χ0v) is 11.9. The molecule has 0 unspecified atom stereocenters. The van der Waals surface area contributed by atoms with E-state index in [9.17, 15) is 9.59 Å². The summed E-state index contributed by atoms with van der Waals surface area (Å²) in [4.78, 5) is 23.2. The summed E-state index contributed by atoms with van der Waals surface area (Å²) >= 11 is 0. The maximum Gasteiger partial charge on any atom is 0.274 e. The highest BCUT2D eigenvalue weighted by molar-refractivity contribution is 6.07. The molecule has 0 radical (unpaired) electrons. The fourth-order valence-corrected chi connectivity index (χ4v) is 1.83. The first-order chi connectivity index (χ1) is 10.6. The number of ether oxygens (including phenoxy) is 1. The summed E-state index contributed by atoms with van der Waals surface area (Å²) < 4.78 is 5.06. The third-order valence-electron chi connectivity index (χ3n) is 3.08. The number of benzene rings is 2. The van der Waals surface area contributed by atoms with Crippen molar-refractivity contribution in [3.63, 3.8) is 0 Å². The van der Waals surface area contributed by atoms with Gasteiger partial charge < -0.3 is 4.74 Å². The van der Waals surface area contributed by atoms with Gasteiger partial charge in [-0.3, -0.25) is 14.8 Å². The molecular weight excluding hydrogens is 282 g/mol. The normalized spacial score (nSPS) is 10.5. The molecule has 2 aromatic carbocycles. The van der Waals surface area contributed by atoms with Gasteiger partial charge in [-0.25, -0.2) is 5.48 Å². The molecule has 0 saturated heterocycles. The average molecular weight is 297 g/mol. The van der Waals surface area contributed by atoms with Crippen LogP contribution in [0.4, 0.5) is 0 Å². The lowest BCUT2D eigenvalue weighted by atomic mass is 10.1. The Bertz CT molecular complexity index is 688. The molecule has 2 N–H and O–H groups in total. The Morgan fingerprint density at radius 3 is 2.14 bits per heavy atom. The summed E-state index contributed by atoms with van der Waals surface area (Å²) in [6.45, 7) is 0. The predicted molar refractivity (Wildman–Crippen MR) is 82.1 cm³/mol. The molecule has 0 aliphatic heterocycles. The largest absolute Gasteiger partial charge is 0.497 e. The van der Waals surface area contributed by atoms with Crippen LogP contribution in [0.3, 0.4) is 0 Å². The number of carbonyl (C=O) groups is 2. The van der Waals surface area contributed by atoms with Gasteiger partial charge in [0.15, 0.2) is 5.78 Å². The van der Waals surface area contributed by atoms with Gasteiger partial charge in [-0.05, 0) is 35.9 Å². The monoisotopic (exact) mass is 297 g/mol. The zero-order valence-electron chi connectivity index (χ0n) is 11.9. The Morgan fingerprint density at radius 1 is 1.00 bits per heavy atom. The summed E-state index contributed by atoms with van der Waals surface area (Å²) in [6.07, 6.45) is 3.17. The molecule has 1 amide bonds. The van der Waals surface area contributed by atoms with Crippen LogP contribution in [-0.4, -0.2) is 24.0 Å². The lowest BCUT2D eigenvalue weighted by molar-refractivity contribution is 0.0706. The molecule has 0 aromatic heterocycles. The maximum atomic E-state index is 12.0. The van der Waals surface area contributed by atoms with Crippen LogP contribution < -0.4 is 10.2 Å². The SMILES string of the molecule is COc1ccc(C=CC(=O)c2ccc(C(=O)NO)cc2)cc1. The third kappa shape index (κ3) is 3.80. The number of ketones is 1. The first-order valence-corrected chi connectivity index (χ1v) is 6.55. The number of rotatable bonds is 5. The van der Waals surface area contributed by atoms with Gasteiger partial charge in [0.1, 0.15) is 5.75 Å². The maximum absolute atomic E-state index is 12.0. The molecule has 0 bridgehead atoms. The molecule has 5 nitrogen and oxygen atoms in total. The highest BCUT2D eigenvalue weighted by Gasteiger charge is 2.06. The molecule has 0 spiro atoms. The van der Waals surface area contributed by atoms with Crippen molar-refractivity contribution in [2.24, 2.45) is 0 Å². The van der Waals surface area contributed by atoms with Crippen LogP contribution in [0.5, 0.6) is 5.75 Å². The number of amides is 1. The molecule has 0 aliphatic carbocycles. The second kappa shape index (κ2) is 7.19. The van der Waals surface area contributed by atoms with Crippen molar-refractivity contribution in [3.8, 4) is 5.75 Å². The Balaban J connectivity index is 2.07. The van der Waals surface area contributed by atoms with Gasteiger partial charge in [0, 0.05) is 11.1 Å². The quantitative estimate of drug-likeness (QED) is 0.385. The van der Waals surface area contributed by atoms with E-state index in [2.05, 4.69) is 0 Å². The third-order valence-corrected chi connectivity index (χ3v) is 3.08. The van der Waals surface area contributed by atoms with Crippen LogP contribution in [0, 0.1) is 0 Å². The molecule has 0 aliphatic rings. The van der Waals surface area contributed by atoms with E-state index in [1.807, 2.05) is 24.3 Å². The minimum absolute atomic E-state index is 0.174. The van der Waals surface area contributed by atoms with Gasteiger partial charge in [0.2, 0.25) is 0 Å². The number of allylic oxidation sites excluding steroid dienone is 1. The fraction of sp³-hybridized carbons (Fsp3) is 0.0588.